The van der Waals surface area contributed by atoms with E-state index in [9.17, 15) is 13.2 Å². The first kappa shape index (κ1) is 15.0. The smallest absolute Gasteiger partial charge is 0.253 e. The average molecular weight is 313 g/mol. The van der Waals surface area contributed by atoms with Gasteiger partial charge in [-0.2, -0.15) is 9.57 Å². The summed E-state index contributed by atoms with van der Waals surface area (Å²) in [6.07, 6.45) is 2.70. The number of amides is 1. The van der Waals surface area contributed by atoms with Crippen LogP contribution < -0.4 is 5.32 Å². The summed E-state index contributed by atoms with van der Waals surface area (Å²) in [5, 5.41) is 13.3. The van der Waals surface area contributed by atoms with E-state index in [0.717, 1.165) is 17.8 Å². The minimum atomic E-state index is -3.61. The molecule has 0 radical (unpaired) electrons. The molecule has 8 heteroatoms. The molecule has 1 N–H and O–H groups in total. The predicted molar refractivity (Wildman–Crippen MR) is 74.6 cm³/mol. The van der Waals surface area contributed by atoms with Crippen LogP contribution >= 0.6 is 11.3 Å². The van der Waals surface area contributed by atoms with E-state index >= 15 is 0 Å². The molecule has 1 atom stereocenters. The van der Waals surface area contributed by atoms with Gasteiger partial charge in [0.25, 0.3) is 10.0 Å². The first-order valence-electron chi connectivity index (χ1n) is 6.27. The Labute approximate surface area is 122 Å². The van der Waals surface area contributed by atoms with Gasteiger partial charge in [0.1, 0.15) is 6.07 Å². The maximum absolute atomic E-state index is 12.5. The molecule has 2 heterocycles. The van der Waals surface area contributed by atoms with E-state index < -0.39 is 10.0 Å². The van der Waals surface area contributed by atoms with Crippen LogP contribution in [0.1, 0.15) is 24.8 Å². The molecule has 0 spiro atoms. The van der Waals surface area contributed by atoms with Crippen molar-refractivity contribution in [3.05, 3.63) is 17.0 Å². The molecule has 6 nitrogen and oxygen atoms in total. The lowest BCUT2D eigenvalue weighted by Crippen LogP contribution is -2.33. The molecule has 0 bridgehead atoms. The van der Waals surface area contributed by atoms with Crippen LogP contribution in [0.2, 0.25) is 0 Å². The predicted octanol–water partition coefficient (Wildman–Crippen LogP) is 0.909. The lowest BCUT2D eigenvalue weighted by atomic mass is 10.1. The van der Waals surface area contributed by atoms with E-state index in [4.69, 9.17) is 5.26 Å². The number of hydrogen-bond acceptors (Lipinski definition) is 5. The topological polar surface area (TPSA) is 90.3 Å². The fraction of sp³-hybridized carbons (Fsp3) is 0.500. The summed E-state index contributed by atoms with van der Waals surface area (Å²) in [6, 6.07) is 3.45. The average Bonchev–Trinajstić information content (AvgIpc) is 2.79. The molecule has 1 fully saturated rings. The van der Waals surface area contributed by atoms with Crippen LogP contribution in [-0.4, -0.2) is 38.3 Å². The van der Waals surface area contributed by atoms with Gasteiger partial charge in [-0.15, -0.1) is 11.3 Å². The van der Waals surface area contributed by atoms with Crippen molar-refractivity contribution in [2.75, 3.05) is 13.1 Å². The molecule has 1 saturated heterocycles. The second-order valence-electron chi connectivity index (χ2n) is 4.55. The number of sulfonamides is 1. The summed E-state index contributed by atoms with van der Waals surface area (Å²) < 4.78 is 26.6. The molecule has 20 heavy (non-hydrogen) atoms. The zero-order valence-corrected chi connectivity index (χ0v) is 12.4. The summed E-state index contributed by atoms with van der Waals surface area (Å²) >= 11 is 1.07. The van der Waals surface area contributed by atoms with Crippen molar-refractivity contribution >= 4 is 27.8 Å². The normalized spacial score (nSPS) is 20.9. The quantitative estimate of drug-likeness (QED) is 0.837. The van der Waals surface area contributed by atoms with Crippen LogP contribution in [0.15, 0.2) is 15.7 Å². The lowest BCUT2D eigenvalue weighted by molar-refractivity contribution is -0.110. The number of carbonyl (C=O) groups excluding carboxylic acids is 1. The van der Waals surface area contributed by atoms with Gasteiger partial charge in [0.2, 0.25) is 6.41 Å². The molecule has 2 rings (SSSR count). The second-order valence-corrected chi connectivity index (χ2v) is 7.60. The molecular weight excluding hydrogens is 298 g/mol. The third-order valence-electron chi connectivity index (χ3n) is 3.32. The Morgan fingerprint density at radius 2 is 2.25 bits per heavy atom. The van der Waals surface area contributed by atoms with Gasteiger partial charge in [-0.3, -0.25) is 4.79 Å². The van der Waals surface area contributed by atoms with E-state index in [1.165, 1.54) is 10.4 Å². The first-order chi connectivity index (χ1) is 9.59. The Kier molecular flexibility index (Phi) is 4.75. The van der Waals surface area contributed by atoms with E-state index in [1.807, 2.05) is 6.07 Å². The SMILES string of the molecule is N#Cc1ccsc1S(=O)(=O)N1CCCC(NC=O)CC1. The van der Waals surface area contributed by atoms with Crippen molar-refractivity contribution in [1.82, 2.24) is 9.62 Å². The van der Waals surface area contributed by atoms with Crippen molar-refractivity contribution in [1.29, 1.82) is 5.26 Å². The van der Waals surface area contributed by atoms with Gasteiger partial charge in [-0.05, 0) is 30.7 Å². The van der Waals surface area contributed by atoms with Crippen LogP contribution in [0.4, 0.5) is 0 Å². The largest absolute Gasteiger partial charge is 0.356 e. The fourth-order valence-electron chi connectivity index (χ4n) is 2.27. The minimum absolute atomic E-state index is 0.0199. The Hall–Kier alpha value is -1.43. The van der Waals surface area contributed by atoms with Gasteiger partial charge in [0, 0.05) is 19.1 Å². The number of nitrogens with zero attached hydrogens (tertiary/aromatic N) is 2. The summed E-state index contributed by atoms with van der Waals surface area (Å²) in [4.78, 5) is 10.5. The highest BCUT2D eigenvalue weighted by Crippen LogP contribution is 2.27. The summed E-state index contributed by atoms with van der Waals surface area (Å²) in [5.41, 5.74) is 0.196. The maximum atomic E-state index is 12.5. The number of carbonyl (C=O) groups is 1. The van der Waals surface area contributed by atoms with Crippen LogP contribution in [0.3, 0.4) is 0 Å². The second kappa shape index (κ2) is 6.35. The molecule has 1 aliphatic rings. The number of thiophene rings is 1. The molecule has 1 aromatic rings. The van der Waals surface area contributed by atoms with Crippen LogP contribution in [0.5, 0.6) is 0 Å². The number of rotatable bonds is 4. The van der Waals surface area contributed by atoms with Gasteiger partial charge >= 0.3 is 0 Å². The molecule has 1 unspecified atom stereocenters. The lowest BCUT2D eigenvalue weighted by Gasteiger charge is -2.19. The van der Waals surface area contributed by atoms with E-state index in [-0.39, 0.29) is 15.8 Å². The maximum Gasteiger partial charge on any atom is 0.253 e. The molecule has 0 saturated carbocycles. The van der Waals surface area contributed by atoms with Crippen molar-refractivity contribution in [2.45, 2.75) is 29.5 Å². The molecule has 1 aromatic heterocycles. The van der Waals surface area contributed by atoms with Crippen molar-refractivity contribution < 1.29 is 13.2 Å². The Morgan fingerprint density at radius 3 is 2.95 bits per heavy atom. The summed E-state index contributed by atoms with van der Waals surface area (Å²) in [5.74, 6) is 0. The zero-order valence-electron chi connectivity index (χ0n) is 10.8. The molecule has 0 aliphatic carbocycles. The zero-order chi connectivity index (χ0) is 14.6. The monoisotopic (exact) mass is 313 g/mol. The van der Waals surface area contributed by atoms with Crippen LogP contribution in [0, 0.1) is 11.3 Å². The van der Waals surface area contributed by atoms with Crippen LogP contribution in [-0.2, 0) is 14.8 Å². The van der Waals surface area contributed by atoms with Gasteiger partial charge in [0.15, 0.2) is 4.21 Å². The van der Waals surface area contributed by atoms with Gasteiger partial charge < -0.3 is 5.32 Å². The molecule has 0 aromatic carbocycles. The Bertz CT molecular complexity index is 618. The van der Waals surface area contributed by atoms with Gasteiger partial charge in [-0.1, -0.05) is 0 Å². The molecule has 1 amide bonds. The van der Waals surface area contributed by atoms with E-state index in [1.54, 1.807) is 5.38 Å². The number of hydrogen-bond donors (Lipinski definition) is 1. The third kappa shape index (κ3) is 3.00. The number of nitriles is 1. The highest BCUT2D eigenvalue weighted by Gasteiger charge is 2.30. The van der Waals surface area contributed by atoms with E-state index in [0.29, 0.717) is 32.3 Å². The van der Waals surface area contributed by atoms with Crippen molar-refractivity contribution in [2.24, 2.45) is 0 Å². The fourth-order valence-corrected chi connectivity index (χ4v) is 5.15. The summed E-state index contributed by atoms with van der Waals surface area (Å²) in [7, 11) is -3.61. The van der Waals surface area contributed by atoms with Crippen molar-refractivity contribution in [3.63, 3.8) is 0 Å². The Morgan fingerprint density at radius 1 is 1.45 bits per heavy atom. The van der Waals surface area contributed by atoms with Crippen molar-refractivity contribution in [3.8, 4) is 6.07 Å². The minimum Gasteiger partial charge on any atom is -0.356 e. The standard InChI is InChI=1S/C12H15N3O3S2/c13-8-10-4-7-19-12(10)20(17,18)15-5-1-2-11(3-6-15)14-9-16/h4,7,9,11H,1-3,5-6H2,(H,14,16). The molecular formula is C12H15N3O3S2. The highest BCUT2D eigenvalue weighted by atomic mass is 32.2. The molecule has 108 valence electrons. The molecule has 1 aliphatic heterocycles. The summed E-state index contributed by atoms with van der Waals surface area (Å²) in [6.45, 7) is 0.777. The Balaban J connectivity index is 2.19. The third-order valence-corrected chi connectivity index (χ3v) is 6.68. The van der Waals surface area contributed by atoms with E-state index in [2.05, 4.69) is 5.32 Å². The van der Waals surface area contributed by atoms with Gasteiger partial charge in [0.05, 0.1) is 5.56 Å². The first-order valence-corrected chi connectivity index (χ1v) is 8.59. The van der Waals surface area contributed by atoms with Crippen LogP contribution in [0.25, 0.3) is 0 Å². The van der Waals surface area contributed by atoms with Gasteiger partial charge in [-0.25, -0.2) is 8.42 Å². The number of nitrogens with one attached hydrogen (secondary N) is 1. The highest BCUT2D eigenvalue weighted by molar-refractivity contribution is 7.91.